The number of aliphatic carboxylic acids is 2. The van der Waals surface area contributed by atoms with Crippen LogP contribution in [-0.2, 0) is 16.0 Å². The lowest BCUT2D eigenvalue weighted by atomic mass is 10.00. The van der Waals surface area contributed by atoms with Gasteiger partial charge in [-0.3, -0.25) is 10.4 Å². The van der Waals surface area contributed by atoms with E-state index < -0.39 is 41.8 Å². The van der Waals surface area contributed by atoms with Crippen LogP contribution in [0.4, 0.5) is 36.4 Å². The third-order valence-corrected chi connectivity index (χ3v) is 6.97. The third-order valence-electron chi connectivity index (χ3n) is 6.97. The summed E-state index contributed by atoms with van der Waals surface area (Å²) in [6.45, 7) is 4.27. The lowest BCUT2D eigenvalue weighted by Crippen LogP contribution is -2.30. The van der Waals surface area contributed by atoms with Gasteiger partial charge < -0.3 is 30.9 Å². The molecule has 0 saturated carbocycles. The summed E-state index contributed by atoms with van der Waals surface area (Å²) in [7, 11) is 3.87. The summed E-state index contributed by atoms with van der Waals surface area (Å²) in [5.74, 6) is -5.47. The number of nitrogens with one attached hydrogen (secondary N) is 3. The van der Waals surface area contributed by atoms with Gasteiger partial charge in [-0.05, 0) is 75.5 Å². The molecule has 2 aromatic heterocycles. The Balaban J connectivity index is 0.000000587. The van der Waals surface area contributed by atoms with Crippen LogP contribution in [0.15, 0.2) is 65.6 Å². The van der Waals surface area contributed by atoms with Crippen molar-refractivity contribution in [3.63, 3.8) is 0 Å². The van der Waals surface area contributed by atoms with Crippen molar-refractivity contribution in [1.82, 2.24) is 24.6 Å². The number of rotatable bonds is 11. The highest BCUT2D eigenvalue weighted by Gasteiger charge is 2.39. The highest BCUT2D eigenvalue weighted by molar-refractivity contribution is 5.95. The number of alkyl halides is 6. The summed E-state index contributed by atoms with van der Waals surface area (Å²) in [5, 5.41) is 29.7. The summed E-state index contributed by atoms with van der Waals surface area (Å²) in [6.07, 6.45) is -7.96. The zero-order valence-electron chi connectivity index (χ0n) is 28.4. The molecule has 2 aromatic carbocycles. The van der Waals surface area contributed by atoms with E-state index in [-0.39, 0.29) is 29.0 Å². The number of pyridine rings is 1. The normalized spacial score (nSPS) is 12.4. The quantitative estimate of drug-likeness (QED) is 0.0698. The Morgan fingerprint density at radius 2 is 1.60 bits per heavy atom. The molecule has 2 atom stereocenters. The molecule has 288 valence electrons. The average molecular weight is 761 g/mol. The highest BCUT2D eigenvalue weighted by Crippen LogP contribution is 2.33. The maximum atomic E-state index is 16.1. The molecule has 21 heteroatoms. The molecule has 0 saturated heterocycles. The van der Waals surface area contributed by atoms with Crippen molar-refractivity contribution < 1.29 is 55.3 Å². The number of hydrogen-bond acceptors (Lipinski definition) is 9. The van der Waals surface area contributed by atoms with Crippen LogP contribution in [0.2, 0.25) is 0 Å². The maximum Gasteiger partial charge on any atom is 0.490 e. The molecule has 0 aliphatic rings. The van der Waals surface area contributed by atoms with E-state index in [9.17, 15) is 31.1 Å². The van der Waals surface area contributed by atoms with Crippen molar-refractivity contribution in [2.24, 2.45) is 5.73 Å². The molecule has 0 amide bonds. The van der Waals surface area contributed by atoms with Gasteiger partial charge in [-0.1, -0.05) is 19.1 Å². The predicted octanol–water partition coefficient (Wildman–Crippen LogP) is 4.74. The molecule has 4 rings (SSSR count). The molecule has 0 radical (unpaired) electrons. The largest absolute Gasteiger partial charge is 0.490 e. The van der Waals surface area contributed by atoms with Crippen LogP contribution in [0, 0.1) is 11.2 Å². The minimum Gasteiger partial charge on any atom is -0.489 e. The SMILES string of the molecule is CCc1cc(OCC(C)N(C)C)c(F)c(C(Nc2ccc(C(=N)N)cc2)c2nn(-c3ccccn3)c(=O)[nH]2)c1.O=C(O)C(F)(F)F.O=C(O)C(F)(F)F. The Hall–Kier alpha value is -5.99. The summed E-state index contributed by atoms with van der Waals surface area (Å²) in [4.78, 5) is 39.6. The molecule has 14 nitrogen and oxygen atoms in total. The summed E-state index contributed by atoms with van der Waals surface area (Å²) < 4.78 is 86.7. The van der Waals surface area contributed by atoms with Gasteiger partial charge in [-0.15, -0.1) is 5.10 Å². The third kappa shape index (κ3) is 12.9. The number of amidine groups is 1. The second kappa shape index (κ2) is 18.5. The Kier molecular flexibility index (Phi) is 15.1. The van der Waals surface area contributed by atoms with Crippen molar-refractivity contribution in [3.05, 3.63) is 99.6 Å². The average Bonchev–Trinajstić information content (AvgIpc) is 3.48. The lowest BCUT2D eigenvalue weighted by Gasteiger charge is -2.23. The molecular formula is C32H35F7N8O6. The number of hydrogen-bond donors (Lipinski definition) is 6. The van der Waals surface area contributed by atoms with E-state index in [1.54, 1.807) is 60.8 Å². The summed E-state index contributed by atoms with van der Waals surface area (Å²) in [6, 6.07) is 14.6. The minimum atomic E-state index is -5.08. The number of aromatic nitrogens is 4. The number of H-pyrrole nitrogens is 1. The van der Waals surface area contributed by atoms with Gasteiger partial charge in [0.05, 0.1) is 0 Å². The van der Waals surface area contributed by atoms with E-state index in [4.69, 9.17) is 35.7 Å². The molecule has 4 aromatic rings. The van der Waals surface area contributed by atoms with Crippen molar-refractivity contribution in [2.45, 2.75) is 44.7 Å². The summed E-state index contributed by atoms with van der Waals surface area (Å²) >= 11 is 0. The molecular weight excluding hydrogens is 725 g/mol. The topological polar surface area (TPSA) is 213 Å². The van der Waals surface area contributed by atoms with Crippen LogP contribution in [0.25, 0.3) is 5.82 Å². The molecule has 53 heavy (non-hydrogen) atoms. The Bertz CT molecular complexity index is 1870. The Labute approximate surface area is 296 Å². The monoisotopic (exact) mass is 760 g/mol. The number of ether oxygens (including phenoxy) is 1. The summed E-state index contributed by atoms with van der Waals surface area (Å²) in [5.41, 5.74) is 7.38. The zero-order chi connectivity index (χ0) is 40.3. The van der Waals surface area contributed by atoms with Crippen molar-refractivity contribution >= 4 is 23.5 Å². The molecule has 0 aliphatic carbocycles. The number of carbonyl (C=O) groups is 2. The number of nitrogens with two attached hydrogens (primary N) is 1. The Morgan fingerprint density at radius 1 is 1.04 bits per heavy atom. The second-order valence-electron chi connectivity index (χ2n) is 11.1. The van der Waals surface area contributed by atoms with Crippen molar-refractivity contribution in [1.29, 1.82) is 5.41 Å². The first kappa shape index (κ1) is 43.2. The number of halogens is 7. The van der Waals surface area contributed by atoms with Gasteiger partial charge in [0, 0.05) is 29.1 Å². The zero-order valence-corrected chi connectivity index (χ0v) is 28.4. The smallest absolute Gasteiger partial charge is 0.489 e. The van der Waals surface area contributed by atoms with E-state index in [0.29, 0.717) is 30.1 Å². The van der Waals surface area contributed by atoms with E-state index in [0.717, 1.165) is 10.2 Å². The molecule has 0 fully saturated rings. The van der Waals surface area contributed by atoms with E-state index in [1.807, 2.05) is 32.8 Å². The highest BCUT2D eigenvalue weighted by atomic mass is 19.4. The second-order valence-corrected chi connectivity index (χ2v) is 11.1. The van der Waals surface area contributed by atoms with E-state index >= 15 is 4.39 Å². The number of likely N-dealkylation sites (N-methyl/N-ethyl adjacent to an activating group) is 1. The van der Waals surface area contributed by atoms with Gasteiger partial charge in [0.1, 0.15) is 18.5 Å². The maximum absolute atomic E-state index is 16.1. The minimum absolute atomic E-state index is 0.0630. The molecule has 2 unspecified atom stereocenters. The van der Waals surface area contributed by atoms with Crippen LogP contribution in [-0.4, -0.2) is 91.7 Å². The standard InChI is InChI=1S/C28H33FN8O2.2C2HF3O2/c1-5-18-14-21(24(29)22(15-18)39-16-17(2)36(3)4)25(33-20-11-9-19(10-12-20)26(30)31)27-34-28(38)37(35-27)23-8-6-7-13-32-23;2*3-2(4,5)1(6)7/h6-15,17,25,33H,5,16H2,1-4H3,(H3,30,31)(H,34,35,38);2*(H,6,7). The first-order chi connectivity index (χ1) is 24.6. The number of aromatic amines is 1. The number of carboxylic acid groups (broad SMARTS) is 2. The lowest BCUT2D eigenvalue weighted by molar-refractivity contribution is -0.193. The number of nitrogens with zero attached hydrogens (tertiary/aromatic N) is 4. The van der Waals surface area contributed by atoms with E-state index in [1.165, 1.54) is 0 Å². The number of benzene rings is 2. The fraction of sp³-hybridized carbons (Fsp3) is 0.312. The molecule has 2 heterocycles. The van der Waals surface area contributed by atoms with Crippen LogP contribution >= 0.6 is 0 Å². The van der Waals surface area contributed by atoms with E-state index in [2.05, 4.69) is 20.4 Å². The molecule has 0 spiro atoms. The first-order valence-electron chi connectivity index (χ1n) is 15.1. The van der Waals surface area contributed by atoms with Gasteiger partial charge in [0.25, 0.3) is 0 Å². The fourth-order valence-electron chi connectivity index (χ4n) is 3.87. The van der Waals surface area contributed by atoms with Gasteiger partial charge in [0.15, 0.2) is 23.2 Å². The van der Waals surface area contributed by atoms with Crippen LogP contribution in [0.1, 0.15) is 42.4 Å². The molecule has 7 N–H and O–H groups in total. The predicted molar refractivity (Wildman–Crippen MR) is 177 cm³/mol. The molecule has 0 aliphatic heterocycles. The Morgan fingerprint density at radius 3 is 2.06 bits per heavy atom. The van der Waals surface area contributed by atoms with Crippen LogP contribution in [0.3, 0.4) is 0 Å². The number of nitrogen functional groups attached to an aromatic ring is 1. The van der Waals surface area contributed by atoms with Gasteiger partial charge in [0.2, 0.25) is 0 Å². The van der Waals surface area contributed by atoms with Crippen molar-refractivity contribution in [3.8, 4) is 11.6 Å². The molecule has 0 bridgehead atoms. The number of aryl methyl sites for hydroxylation is 1. The van der Waals surface area contributed by atoms with Crippen LogP contribution in [0.5, 0.6) is 5.75 Å². The number of anilines is 1. The van der Waals surface area contributed by atoms with Gasteiger partial charge >= 0.3 is 30.0 Å². The van der Waals surface area contributed by atoms with Gasteiger partial charge in [-0.2, -0.15) is 31.0 Å². The van der Waals surface area contributed by atoms with Gasteiger partial charge in [-0.25, -0.2) is 23.8 Å². The van der Waals surface area contributed by atoms with Crippen molar-refractivity contribution in [2.75, 3.05) is 26.0 Å². The van der Waals surface area contributed by atoms with Crippen LogP contribution < -0.4 is 21.5 Å². The first-order valence-corrected chi connectivity index (χ1v) is 15.1. The number of carboxylic acids is 2. The fourth-order valence-corrected chi connectivity index (χ4v) is 3.87.